The normalized spacial score (nSPS) is 10.6. The summed E-state index contributed by atoms with van der Waals surface area (Å²) in [5, 5.41) is 22.6. The van der Waals surface area contributed by atoms with Gasteiger partial charge in [0.1, 0.15) is 0 Å². The van der Waals surface area contributed by atoms with Crippen LogP contribution in [0, 0.1) is 0 Å². The highest BCUT2D eigenvalue weighted by molar-refractivity contribution is 5.75. The summed E-state index contributed by atoms with van der Waals surface area (Å²) in [6.45, 7) is 17.8. The van der Waals surface area contributed by atoms with Gasteiger partial charge in [0, 0.05) is 24.2 Å². The molecular weight excluding hydrogens is 428 g/mol. The SMILES string of the molecule is C=CCNC(C)(C)c1ccccc1.C=CCNC(C)(C)c1ccccc1.O=C(O)CCC(=O)O. The summed E-state index contributed by atoms with van der Waals surface area (Å²) < 4.78 is 0. The Kier molecular flexibility index (Phi) is 14.8. The third-order valence-electron chi connectivity index (χ3n) is 4.92. The van der Waals surface area contributed by atoms with Gasteiger partial charge < -0.3 is 20.8 Å². The first-order valence-electron chi connectivity index (χ1n) is 11.2. The summed E-state index contributed by atoms with van der Waals surface area (Å²) in [7, 11) is 0. The number of nitrogens with one attached hydrogen (secondary N) is 2. The second-order valence-electron chi connectivity index (χ2n) is 8.61. The third-order valence-corrected chi connectivity index (χ3v) is 4.92. The molecule has 0 aromatic heterocycles. The standard InChI is InChI=1S/2C12H17N.C4H6O4/c2*1-4-10-13-12(2,3)11-8-6-5-7-9-11;5-3(6)1-2-4(7)8/h2*4-9,13H,1,10H2,2-3H3;1-2H2,(H,5,6)(H,7,8). The van der Waals surface area contributed by atoms with Crippen LogP contribution in [0.4, 0.5) is 0 Å². The largest absolute Gasteiger partial charge is 0.481 e. The van der Waals surface area contributed by atoms with Gasteiger partial charge in [0.25, 0.3) is 0 Å². The summed E-state index contributed by atoms with van der Waals surface area (Å²) in [6.07, 6.45) is 3.17. The molecule has 0 saturated carbocycles. The lowest BCUT2D eigenvalue weighted by molar-refractivity contribution is -0.143. The first-order valence-corrected chi connectivity index (χ1v) is 11.2. The average Bonchev–Trinajstić information content (AvgIpc) is 2.82. The Morgan fingerprint density at radius 2 is 1.00 bits per heavy atom. The molecule has 186 valence electrons. The van der Waals surface area contributed by atoms with Crippen molar-refractivity contribution in [3.63, 3.8) is 0 Å². The van der Waals surface area contributed by atoms with Gasteiger partial charge in [0.05, 0.1) is 12.8 Å². The molecule has 0 aliphatic rings. The maximum atomic E-state index is 9.64. The fourth-order valence-electron chi connectivity index (χ4n) is 2.78. The van der Waals surface area contributed by atoms with Crippen molar-refractivity contribution < 1.29 is 19.8 Å². The minimum Gasteiger partial charge on any atom is -0.481 e. The number of carboxylic acids is 2. The summed E-state index contributed by atoms with van der Waals surface area (Å²) in [6, 6.07) is 20.9. The van der Waals surface area contributed by atoms with E-state index in [0.29, 0.717) is 0 Å². The molecule has 0 radical (unpaired) electrons. The highest BCUT2D eigenvalue weighted by atomic mass is 16.4. The van der Waals surface area contributed by atoms with Crippen LogP contribution in [0.2, 0.25) is 0 Å². The summed E-state index contributed by atoms with van der Waals surface area (Å²) in [4.78, 5) is 19.3. The Morgan fingerprint density at radius 3 is 1.24 bits per heavy atom. The van der Waals surface area contributed by atoms with E-state index >= 15 is 0 Å². The van der Waals surface area contributed by atoms with Crippen molar-refractivity contribution in [1.82, 2.24) is 10.6 Å². The van der Waals surface area contributed by atoms with Gasteiger partial charge in [-0.15, -0.1) is 13.2 Å². The molecule has 6 nitrogen and oxygen atoms in total. The second-order valence-corrected chi connectivity index (χ2v) is 8.61. The number of carboxylic acid groups (broad SMARTS) is 2. The molecule has 6 heteroatoms. The van der Waals surface area contributed by atoms with Crippen LogP contribution in [0.5, 0.6) is 0 Å². The number of benzene rings is 2. The number of carbonyl (C=O) groups is 2. The maximum Gasteiger partial charge on any atom is 0.303 e. The summed E-state index contributed by atoms with van der Waals surface area (Å²) in [5.41, 5.74) is 2.65. The van der Waals surface area contributed by atoms with Gasteiger partial charge in [0.15, 0.2) is 0 Å². The van der Waals surface area contributed by atoms with E-state index in [-0.39, 0.29) is 23.9 Å². The van der Waals surface area contributed by atoms with Crippen molar-refractivity contribution >= 4 is 11.9 Å². The van der Waals surface area contributed by atoms with Gasteiger partial charge in [0.2, 0.25) is 0 Å². The molecule has 2 aromatic rings. The van der Waals surface area contributed by atoms with Crippen molar-refractivity contribution in [2.75, 3.05) is 13.1 Å². The third kappa shape index (κ3) is 14.0. The van der Waals surface area contributed by atoms with Crippen LogP contribution in [0.15, 0.2) is 86.0 Å². The Hall–Kier alpha value is -3.22. The van der Waals surface area contributed by atoms with Gasteiger partial charge >= 0.3 is 11.9 Å². The fraction of sp³-hybridized carbons (Fsp3) is 0.357. The van der Waals surface area contributed by atoms with Gasteiger partial charge in [-0.05, 0) is 38.8 Å². The molecular formula is C28H40N2O4. The van der Waals surface area contributed by atoms with E-state index < -0.39 is 11.9 Å². The van der Waals surface area contributed by atoms with E-state index in [1.165, 1.54) is 11.1 Å². The molecule has 2 aromatic carbocycles. The van der Waals surface area contributed by atoms with Crippen LogP contribution >= 0.6 is 0 Å². The summed E-state index contributed by atoms with van der Waals surface area (Å²) in [5.74, 6) is -2.15. The topological polar surface area (TPSA) is 98.7 Å². The lowest BCUT2D eigenvalue weighted by atomic mass is 9.94. The zero-order chi connectivity index (χ0) is 26.0. The Labute approximate surface area is 204 Å². The van der Waals surface area contributed by atoms with Crippen molar-refractivity contribution in [3.05, 3.63) is 97.1 Å². The Balaban J connectivity index is 0.000000497. The van der Waals surface area contributed by atoms with E-state index in [1.807, 2.05) is 24.3 Å². The number of hydrogen-bond acceptors (Lipinski definition) is 4. The van der Waals surface area contributed by atoms with Crippen molar-refractivity contribution in [3.8, 4) is 0 Å². The monoisotopic (exact) mass is 468 g/mol. The second kappa shape index (κ2) is 16.4. The zero-order valence-corrected chi connectivity index (χ0v) is 20.9. The van der Waals surface area contributed by atoms with Gasteiger partial charge in [-0.25, -0.2) is 0 Å². The quantitative estimate of drug-likeness (QED) is 0.333. The van der Waals surface area contributed by atoms with Gasteiger partial charge in [-0.1, -0.05) is 72.8 Å². The zero-order valence-electron chi connectivity index (χ0n) is 20.9. The molecule has 0 heterocycles. The van der Waals surface area contributed by atoms with E-state index in [2.05, 4.69) is 100 Å². The van der Waals surface area contributed by atoms with Crippen LogP contribution < -0.4 is 10.6 Å². The van der Waals surface area contributed by atoms with Crippen molar-refractivity contribution in [2.24, 2.45) is 0 Å². The van der Waals surface area contributed by atoms with Gasteiger partial charge in [-0.3, -0.25) is 9.59 Å². The molecule has 0 unspecified atom stereocenters. The van der Waals surface area contributed by atoms with Crippen molar-refractivity contribution in [2.45, 2.75) is 51.6 Å². The van der Waals surface area contributed by atoms with E-state index in [0.717, 1.165) is 13.1 Å². The molecule has 0 aliphatic carbocycles. The number of rotatable bonds is 11. The fourth-order valence-corrected chi connectivity index (χ4v) is 2.78. The van der Waals surface area contributed by atoms with E-state index in [1.54, 1.807) is 0 Å². The molecule has 0 bridgehead atoms. The first-order chi connectivity index (χ1) is 16.0. The molecule has 0 fully saturated rings. The van der Waals surface area contributed by atoms with Crippen LogP contribution in [0.3, 0.4) is 0 Å². The van der Waals surface area contributed by atoms with Crippen molar-refractivity contribution in [1.29, 1.82) is 0 Å². The molecule has 0 spiro atoms. The smallest absolute Gasteiger partial charge is 0.303 e. The molecule has 0 saturated heterocycles. The van der Waals surface area contributed by atoms with Crippen LogP contribution in [0.1, 0.15) is 51.7 Å². The Bertz CT molecular complexity index is 789. The predicted molar refractivity (Wildman–Crippen MR) is 140 cm³/mol. The Morgan fingerprint density at radius 1 is 0.706 bits per heavy atom. The van der Waals surface area contributed by atoms with Crippen LogP contribution in [-0.2, 0) is 20.7 Å². The molecule has 4 N–H and O–H groups in total. The van der Waals surface area contributed by atoms with Crippen LogP contribution in [0.25, 0.3) is 0 Å². The number of aliphatic carboxylic acids is 2. The highest BCUT2D eigenvalue weighted by Gasteiger charge is 2.18. The van der Waals surface area contributed by atoms with E-state index in [4.69, 9.17) is 10.2 Å². The molecule has 0 amide bonds. The molecule has 2 rings (SSSR count). The minimum atomic E-state index is -1.08. The maximum absolute atomic E-state index is 9.64. The highest BCUT2D eigenvalue weighted by Crippen LogP contribution is 2.19. The lowest BCUT2D eigenvalue weighted by Gasteiger charge is -2.26. The number of hydrogen-bond donors (Lipinski definition) is 4. The molecule has 0 atom stereocenters. The summed E-state index contributed by atoms with van der Waals surface area (Å²) >= 11 is 0. The molecule has 34 heavy (non-hydrogen) atoms. The van der Waals surface area contributed by atoms with E-state index in [9.17, 15) is 9.59 Å². The molecule has 0 aliphatic heterocycles. The predicted octanol–water partition coefficient (Wildman–Crippen LogP) is 5.33. The lowest BCUT2D eigenvalue weighted by Crippen LogP contribution is -2.36. The van der Waals surface area contributed by atoms with Crippen LogP contribution in [-0.4, -0.2) is 35.2 Å². The minimum absolute atomic E-state index is 0.0233. The average molecular weight is 469 g/mol. The van der Waals surface area contributed by atoms with Gasteiger partial charge in [-0.2, -0.15) is 0 Å². The first kappa shape index (κ1) is 30.8.